The number of phenols is 1. The van der Waals surface area contributed by atoms with Gasteiger partial charge in [-0.25, -0.2) is 0 Å². The lowest BCUT2D eigenvalue weighted by Gasteiger charge is -2.26. The van der Waals surface area contributed by atoms with Crippen LogP contribution in [0.1, 0.15) is 27.7 Å². The maximum atomic E-state index is 13.0. The number of carbonyl (C=O) groups excluding carboxylic acids is 1. The van der Waals surface area contributed by atoms with Gasteiger partial charge in [0.2, 0.25) is 0 Å². The van der Waals surface area contributed by atoms with Crippen molar-refractivity contribution in [2.75, 3.05) is 20.3 Å². The van der Waals surface area contributed by atoms with E-state index in [1.807, 2.05) is 36.4 Å². The summed E-state index contributed by atoms with van der Waals surface area (Å²) in [5.74, 6) is 0.0555. The number of methoxy groups -OCH3 is 1. The molecular weight excluding hydrogens is 330 g/mol. The molecule has 2 aromatic carbocycles. The van der Waals surface area contributed by atoms with Crippen molar-refractivity contribution in [1.82, 2.24) is 15.1 Å². The first kappa shape index (κ1) is 16.4. The highest BCUT2D eigenvalue weighted by Gasteiger charge is 2.41. The first-order valence-electron chi connectivity index (χ1n) is 8.43. The number of fused-ring (bicyclic) bond motifs is 1. The molecule has 1 aromatic heterocycles. The topological polar surface area (TPSA) is 78.5 Å². The van der Waals surface area contributed by atoms with Gasteiger partial charge in [-0.15, -0.1) is 0 Å². The number of H-pyrrole nitrogens is 1. The van der Waals surface area contributed by atoms with Gasteiger partial charge >= 0.3 is 0 Å². The molecule has 0 unspecified atom stereocenters. The second-order valence-electron chi connectivity index (χ2n) is 6.22. The SMILES string of the molecule is COCCN1C(=O)c2[nH]nc(-c3ccccc3)c2[C@@H]1c1cccc(O)c1. The fraction of sp³-hybridized carbons (Fsp3) is 0.200. The number of benzene rings is 2. The van der Waals surface area contributed by atoms with Crippen LogP contribution in [0.2, 0.25) is 0 Å². The number of aromatic nitrogens is 2. The number of hydrogen-bond acceptors (Lipinski definition) is 4. The highest BCUT2D eigenvalue weighted by molar-refractivity contribution is 6.00. The molecule has 4 rings (SSSR count). The van der Waals surface area contributed by atoms with Crippen molar-refractivity contribution >= 4 is 5.91 Å². The maximum absolute atomic E-state index is 13.0. The Bertz CT molecular complexity index is 936. The van der Waals surface area contributed by atoms with E-state index in [9.17, 15) is 9.90 Å². The number of carbonyl (C=O) groups is 1. The van der Waals surface area contributed by atoms with E-state index in [1.54, 1.807) is 30.2 Å². The lowest BCUT2D eigenvalue weighted by Crippen LogP contribution is -2.32. The fourth-order valence-corrected chi connectivity index (χ4v) is 3.47. The molecule has 0 saturated heterocycles. The van der Waals surface area contributed by atoms with Crippen molar-refractivity contribution in [3.8, 4) is 17.0 Å². The molecule has 1 aliphatic heterocycles. The standard InChI is InChI=1S/C20H19N3O3/c1-26-11-10-23-19(14-8-5-9-15(24)12-14)16-17(13-6-3-2-4-7-13)21-22-18(16)20(23)25/h2-9,12,19,24H,10-11H2,1H3,(H,21,22)/t19-/m0/s1. The van der Waals surface area contributed by atoms with Crippen LogP contribution in [-0.2, 0) is 4.74 Å². The van der Waals surface area contributed by atoms with E-state index in [4.69, 9.17) is 4.74 Å². The van der Waals surface area contributed by atoms with Crippen molar-refractivity contribution in [3.63, 3.8) is 0 Å². The minimum absolute atomic E-state index is 0.111. The molecule has 2 heterocycles. The molecule has 6 nitrogen and oxygen atoms in total. The first-order valence-corrected chi connectivity index (χ1v) is 8.43. The molecular formula is C20H19N3O3. The minimum atomic E-state index is -0.325. The Hall–Kier alpha value is -3.12. The summed E-state index contributed by atoms with van der Waals surface area (Å²) in [7, 11) is 1.61. The zero-order valence-corrected chi connectivity index (χ0v) is 14.3. The Kier molecular flexibility index (Phi) is 4.18. The second kappa shape index (κ2) is 6.65. The molecule has 0 saturated carbocycles. The molecule has 2 N–H and O–H groups in total. The van der Waals surface area contributed by atoms with Gasteiger partial charge in [0.05, 0.1) is 18.3 Å². The van der Waals surface area contributed by atoms with Crippen molar-refractivity contribution in [3.05, 3.63) is 71.4 Å². The number of nitrogens with zero attached hydrogens (tertiary/aromatic N) is 2. The zero-order valence-electron chi connectivity index (χ0n) is 14.3. The summed E-state index contributed by atoms with van der Waals surface area (Å²) in [6, 6.07) is 16.4. The molecule has 0 radical (unpaired) electrons. The summed E-state index contributed by atoms with van der Waals surface area (Å²) in [6.07, 6.45) is 0. The number of ether oxygens (including phenoxy) is 1. The van der Waals surface area contributed by atoms with Gasteiger partial charge in [0, 0.05) is 24.8 Å². The van der Waals surface area contributed by atoms with Crippen LogP contribution in [0.4, 0.5) is 0 Å². The number of aromatic amines is 1. The van der Waals surface area contributed by atoms with Crippen molar-refractivity contribution < 1.29 is 14.6 Å². The number of phenolic OH excluding ortho intramolecular Hbond substituents is 1. The summed E-state index contributed by atoms with van der Waals surface area (Å²) in [5, 5.41) is 17.3. The van der Waals surface area contributed by atoms with Crippen molar-refractivity contribution in [2.45, 2.75) is 6.04 Å². The van der Waals surface area contributed by atoms with Gasteiger partial charge in [0.25, 0.3) is 5.91 Å². The Morgan fingerprint density at radius 2 is 2.00 bits per heavy atom. The third-order valence-corrected chi connectivity index (χ3v) is 4.63. The third kappa shape index (κ3) is 2.64. The van der Waals surface area contributed by atoms with Crippen LogP contribution in [0.15, 0.2) is 54.6 Å². The minimum Gasteiger partial charge on any atom is -0.508 e. The normalized spacial score (nSPS) is 16.1. The zero-order chi connectivity index (χ0) is 18.1. The number of nitrogens with one attached hydrogen (secondary N) is 1. The average molecular weight is 349 g/mol. The van der Waals surface area contributed by atoms with Crippen LogP contribution in [0, 0.1) is 0 Å². The summed E-state index contributed by atoms with van der Waals surface area (Å²) >= 11 is 0. The molecule has 132 valence electrons. The Morgan fingerprint density at radius 3 is 2.73 bits per heavy atom. The van der Waals surface area contributed by atoms with E-state index in [1.165, 1.54) is 0 Å². The van der Waals surface area contributed by atoms with Gasteiger partial charge in [-0.05, 0) is 17.7 Å². The molecule has 6 heteroatoms. The number of rotatable bonds is 5. The van der Waals surface area contributed by atoms with Crippen molar-refractivity contribution in [2.24, 2.45) is 0 Å². The largest absolute Gasteiger partial charge is 0.508 e. The molecule has 1 amide bonds. The van der Waals surface area contributed by atoms with Crippen molar-refractivity contribution in [1.29, 1.82) is 0 Å². The fourth-order valence-electron chi connectivity index (χ4n) is 3.47. The average Bonchev–Trinajstić information content (AvgIpc) is 3.20. The van der Waals surface area contributed by atoms with Crippen LogP contribution < -0.4 is 0 Å². The van der Waals surface area contributed by atoms with Crippen LogP contribution in [-0.4, -0.2) is 46.4 Å². The monoisotopic (exact) mass is 349 g/mol. The highest BCUT2D eigenvalue weighted by Crippen LogP contribution is 2.43. The Labute approximate surface area is 151 Å². The first-order chi connectivity index (χ1) is 12.7. The van der Waals surface area contributed by atoms with Gasteiger partial charge in [-0.2, -0.15) is 5.10 Å². The smallest absolute Gasteiger partial charge is 0.273 e. The maximum Gasteiger partial charge on any atom is 0.273 e. The van der Waals surface area contributed by atoms with Crippen LogP contribution in [0.3, 0.4) is 0 Å². The van der Waals surface area contributed by atoms with Crippen LogP contribution >= 0.6 is 0 Å². The summed E-state index contributed by atoms with van der Waals surface area (Å²) in [5.41, 5.74) is 3.86. The molecule has 1 atom stereocenters. The van der Waals surface area contributed by atoms with E-state index >= 15 is 0 Å². The molecule has 0 fully saturated rings. The summed E-state index contributed by atoms with van der Waals surface area (Å²) in [6.45, 7) is 0.881. The molecule has 3 aromatic rings. The Morgan fingerprint density at radius 1 is 1.19 bits per heavy atom. The van der Waals surface area contributed by atoms with E-state index in [0.29, 0.717) is 18.8 Å². The van der Waals surface area contributed by atoms with Gasteiger partial charge in [-0.3, -0.25) is 9.89 Å². The molecule has 0 bridgehead atoms. The van der Waals surface area contributed by atoms with E-state index in [0.717, 1.165) is 22.4 Å². The Balaban J connectivity index is 1.87. The lowest BCUT2D eigenvalue weighted by atomic mass is 9.96. The number of amides is 1. The third-order valence-electron chi connectivity index (χ3n) is 4.63. The summed E-state index contributed by atoms with van der Waals surface area (Å²) in [4.78, 5) is 14.7. The van der Waals surface area contributed by atoms with E-state index in [2.05, 4.69) is 10.2 Å². The highest BCUT2D eigenvalue weighted by atomic mass is 16.5. The summed E-state index contributed by atoms with van der Waals surface area (Å²) < 4.78 is 5.18. The molecule has 0 aliphatic carbocycles. The number of aromatic hydroxyl groups is 1. The van der Waals surface area contributed by atoms with Crippen LogP contribution in [0.5, 0.6) is 5.75 Å². The molecule has 1 aliphatic rings. The van der Waals surface area contributed by atoms with Gasteiger partial charge in [-0.1, -0.05) is 42.5 Å². The molecule has 26 heavy (non-hydrogen) atoms. The van der Waals surface area contributed by atoms with Gasteiger partial charge in [0.15, 0.2) is 0 Å². The van der Waals surface area contributed by atoms with E-state index in [-0.39, 0.29) is 17.7 Å². The van der Waals surface area contributed by atoms with E-state index < -0.39 is 0 Å². The quantitative estimate of drug-likeness (QED) is 0.742. The van der Waals surface area contributed by atoms with Gasteiger partial charge in [0.1, 0.15) is 11.4 Å². The predicted octanol–water partition coefficient (Wildman–Crippen LogP) is 2.97. The molecule has 0 spiro atoms. The van der Waals surface area contributed by atoms with Gasteiger partial charge < -0.3 is 14.7 Å². The number of hydrogen-bond donors (Lipinski definition) is 2. The second-order valence-corrected chi connectivity index (χ2v) is 6.22. The lowest BCUT2D eigenvalue weighted by molar-refractivity contribution is 0.0677. The van der Waals surface area contributed by atoms with Crippen LogP contribution in [0.25, 0.3) is 11.3 Å². The predicted molar refractivity (Wildman–Crippen MR) is 96.9 cm³/mol.